The predicted octanol–water partition coefficient (Wildman–Crippen LogP) is 4.34. The summed E-state index contributed by atoms with van der Waals surface area (Å²) in [5.74, 6) is 0. The molecule has 0 amide bonds. The molecule has 0 fully saturated rings. The number of rotatable bonds is 2. The van der Waals surface area contributed by atoms with Crippen LogP contribution in [0.15, 0.2) is 48.8 Å². The number of para-hydroxylation sites is 1. The van der Waals surface area contributed by atoms with E-state index in [0.717, 1.165) is 33.3 Å². The van der Waals surface area contributed by atoms with Crippen molar-refractivity contribution in [3.8, 4) is 5.69 Å². The number of hydrogen-bond acceptors (Lipinski definition) is 3. The van der Waals surface area contributed by atoms with Gasteiger partial charge in [0.05, 0.1) is 27.4 Å². The summed E-state index contributed by atoms with van der Waals surface area (Å²) in [5, 5.41) is 2.21. The second kappa shape index (κ2) is 5.49. The first-order valence-electron chi connectivity index (χ1n) is 7.09. The van der Waals surface area contributed by atoms with Gasteiger partial charge in [-0.3, -0.25) is 4.57 Å². The minimum atomic E-state index is 0.314. The lowest BCUT2D eigenvalue weighted by molar-refractivity contribution is 1.02. The Morgan fingerprint density at radius 1 is 1.09 bits per heavy atom. The van der Waals surface area contributed by atoms with E-state index in [0.29, 0.717) is 16.6 Å². The summed E-state index contributed by atoms with van der Waals surface area (Å²) >= 11 is 12.5. The highest BCUT2D eigenvalue weighted by molar-refractivity contribution is 6.33. The van der Waals surface area contributed by atoms with Gasteiger partial charge in [-0.25, -0.2) is 9.97 Å². The Kier molecular flexibility index (Phi) is 3.45. The molecule has 0 aliphatic heterocycles. The maximum absolute atomic E-state index is 6.36. The van der Waals surface area contributed by atoms with Gasteiger partial charge >= 0.3 is 0 Å². The van der Waals surface area contributed by atoms with E-state index in [1.165, 1.54) is 0 Å². The highest BCUT2D eigenvalue weighted by Crippen LogP contribution is 2.31. The molecule has 0 aliphatic carbocycles. The fourth-order valence-corrected chi connectivity index (χ4v) is 3.18. The van der Waals surface area contributed by atoms with E-state index in [1.807, 2.05) is 47.0 Å². The fourth-order valence-electron chi connectivity index (χ4n) is 2.78. The summed E-state index contributed by atoms with van der Waals surface area (Å²) in [7, 11) is 0. The Balaban J connectivity index is 2.19. The number of fused-ring (bicyclic) bond motifs is 3. The Morgan fingerprint density at radius 3 is 2.70 bits per heavy atom. The third kappa shape index (κ3) is 2.27. The Bertz CT molecular complexity index is 1040. The van der Waals surface area contributed by atoms with Gasteiger partial charge in [0.15, 0.2) is 0 Å². The molecule has 2 aromatic carbocycles. The molecular formula is C17H12Cl2N4. The average molecular weight is 343 g/mol. The van der Waals surface area contributed by atoms with E-state index in [9.17, 15) is 0 Å². The topological polar surface area (TPSA) is 56.7 Å². The number of halogens is 2. The number of hydrogen-bond donors (Lipinski definition) is 1. The standard InChI is InChI=1S/C17H12Cl2N4/c18-10-5-6-13-11(7-10)17-16(14(8-20)22-13)21-9-23(17)15-4-2-1-3-12(15)19/h1-7,9H,8,20H2. The first kappa shape index (κ1) is 14.5. The van der Waals surface area contributed by atoms with Gasteiger partial charge in [-0.15, -0.1) is 0 Å². The normalized spacial score (nSPS) is 11.4. The second-order valence-electron chi connectivity index (χ2n) is 5.19. The van der Waals surface area contributed by atoms with E-state index < -0.39 is 0 Å². The van der Waals surface area contributed by atoms with Crippen molar-refractivity contribution in [2.75, 3.05) is 0 Å². The molecule has 6 heteroatoms. The van der Waals surface area contributed by atoms with Crippen LogP contribution in [0.2, 0.25) is 10.0 Å². The van der Waals surface area contributed by atoms with Crippen LogP contribution >= 0.6 is 23.2 Å². The van der Waals surface area contributed by atoms with Gasteiger partial charge in [0.2, 0.25) is 0 Å². The lowest BCUT2D eigenvalue weighted by Gasteiger charge is -2.10. The third-order valence-electron chi connectivity index (χ3n) is 3.82. The van der Waals surface area contributed by atoms with Crippen LogP contribution in [0, 0.1) is 0 Å². The lowest BCUT2D eigenvalue weighted by atomic mass is 10.1. The minimum absolute atomic E-state index is 0.314. The van der Waals surface area contributed by atoms with Gasteiger partial charge in [0, 0.05) is 17.0 Å². The molecule has 4 rings (SSSR count). The van der Waals surface area contributed by atoms with Gasteiger partial charge < -0.3 is 5.73 Å². The van der Waals surface area contributed by atoms with Crippen LogP contribution in [0.3, 0.4) is 0 Å². The summed E-state index contributed by atoms with van der Waals surface area (Å²) in [6, 6.07) is 13.2. The molecule has 0 saturated heterocycles. The summed E-state index contributed by atoms with van der Waals surface area (Å²) in [6.45, 7) is 0.314. The van der Waals surface area contributed by atoms with Crippen molar-refractivity contribution in [1.29, 1.82) is 0 Å². The van der Waals surface area contributed by atoms with Crippen LogP contribution in [-0.4, -0.2) is 14.5 Å². The number of nitrogens with two attached hydrogens (primary N) is 1. The zero-order valence-electron chi connectivity index (χ0n) is 12.0. The molecule has 2 heterocycles. The molecule has 2 aromatic heterocycles. The van der Waals surface area contributed by atoms with Crippen LogP contribution in [-0.2, 0) is 6.54 Å². The van der Waals surface area contributed by atoms with E-state index in [2.05, 4.69) is 9.97 Å². The zero-order chi connectivity index (χ0) is 16.0. The number of aromatic nitrogens is 3. The quantitative estimate of drug-likeness (QED) is 0.589. The molecule has 0 bridgehead atoms. The van der Waals surface area contributed by atoms with E-state index in [1.54, 1.807) is 6.33 Å². The zero-order valence-corrected chi connectivity index (χ0v) is 13.5. The first-order valence-corrected chi connectivity index (χ1v) is 7.85. The van der Waals surface area contributed by atoms with E-state index in [4.69, 9.17) is 28.9 Å². The Labute approximate surface area is 142 Å². The molecule has 4 aromatic rings. The Hall–Kier alpha value is -2.14. The SMILES string of the molecule is NCc1nc2ccc(Cl)cc2c2c1ncn2-c1ccccc1Cl. The van der Waals surface area contributed by atoms with Crippen LogP contribution in [0.1, 0.15) is 5.69 Å². The van der Waals surface area contributed by atoms with Crippen LogP contribution < -0.4 is 5.73 Å². The van der Waals surface area contributed by atoms with E-state index in [-0.39, 0.29) is 0 Å². The average Bonchev–Trinajstić information content (AvgIpc) is 3.00. The van der Waals surface area contributed by atoms with Crippen molar-refractivity contribution in [2.45, 2.75) is 6.54 Å². The van der Waals surface area contributed by atoms with Crippen LogP contribution in [0.25, 0.3) is 27.6 Å². The monoisotopic (exact) mass is 342 g/mol. The maximum atomic E-state index is 6.36. The van der Waals surface area contributed by atoms with Crippen molar-refractivity contribution in [2.24, 2.45) is 5.73 Å². The van der Waals surface area contributed by atoms with Gasteiger partial charge in [-0.1, -0.05) is 35.3 Å². The highest BCUT2D eigenvalue weighted by Gasteiger charge is 2.15. The smallest absolute Gasteiger partial charge is 0.112 e. The highest BCUT2D eigenvalue weighted by atomic mass is 35.5. The molecule has 2 N–H and O–H groups in total. The first-order chi connectivity index (χ1) is 11.2. The van der Waals surface area contributed by atoms with Crippen molar-refractivity contribution in [1.82, 2.24) is 14.5 Å². The third-order valence-corrected chi connectivity index (χ3v) is 4.37. The minimum Gasteiger partial charge on any atom is -0.325 e. The summed E-state index contributed by atoms with van der Waals surface area (Å²) < 4.78 is 1.96. The molecular weight excluding hydrogens is 331 g/mol. The molecule has 0 unspecified atom stereocenters. The summed E-state index contributed by atoms with van der Waals surface area (Å²) in [4.78, 5) is 9.11. The predicted molar refractivity (Wildman–Crippen MR) is 94.3 cm³/mol. The number of pyridine rings is 1. The molecule has 0 aliphatic rings. The molecule has 0 saturated carbocycles. The molecule has 4 nitrogen and oxygen atoms in total. The van der Waals surface area contributed by atoms with Gasteiger partial charge in [0.1, 0.15) is 11.8 Å². The van der Waals surface area contributed by atoms with Gasteiger partial charge in [0.25, 0.3) is 0 Å². The molecule has 0 spiro atoms. The summed E-state index contributed by atoms with van der Waals surface area (Å²) in [6.07, 6.45) is 1.74. The molecule has 0 atom stereocenters. The second-order valence-corrected chi connectivity index (χ2v) is 6.03. The molecule has 0 radical (unpaired) electrons. The summed E-state index contributed by atoms with van der Waals surface area (Å²) in [5.41, 5.74) is 9.96. The van der Waals surface area contributed by atoms with Crippen molar-refractivity contribution in [3.63, 3.8) is 0 Å². The van der Waals surface area contributed by atoms with Crippen molar-refractivity contribution < 1.29 is 0 Å². The van der Waals surface area contributed by atoms with Crippen LogP contribution in [0.5, 0.6) is 0 Å². The van der Waals surface area contributed by atoms with Gasteiger partial charge in [-0.2, -0.15) is 0 Å². The lowest BCUT2D eigenvalue weighted by Crippen LogP contribution is -2.02. The molecule has 114 valence electrons. The maximum Gasteiger partial charge on any atom is 0.112 e. The number of imidazole rings is 1. The van der Waals surface area contributed by atoms with Crippen molar-refractivity contribution in [3.05, 3.63) is 64.5 Å². The Morgan fingerprint density at radius 2 is 1.91 bits per heavy atom. The van der Waals surface area contributed by atoms with Gasteiger partial charge in [-0.05, 0) is 30.3 Å². The van der Waals surface area contributed by atoms with Crippen molar-refractivity contribution >= 4 is 45.1 Å². The largest absolute Gasteiger partial charge is 0.325 e. The number of nitrogens with zero attached hydrogens (tertiary/aromatic N) is 3. The van der Waals surface area contributed by atoms with Crippen LogP contribution in [0.4, 0.5) is 0 Å². The number of benzene rings is 2. The van der Waals surface area contributed by atoms with E-state index >= 15 is 0 Å². The fraction of sp³-hybridized carbons (Fsp3) is 0.0588. The molecule has 23 heavy (non-hydrogen) atoms.